The van der Waals surface area contributed by atoms with Gasteiger partial charge in [-0.1, -0.05) is 0 Å². The third-order valence-electron chi connectivity index (χ3n) is 1.81. The van der Waals surface area contributed by atoms with Gasteiger partial charge in [-0.05, 0) is 32.4 Å². The number of hydrogen-bond acceptors (Lipinski definition) is 3. The largest absolute Gasteiger partial charge is 0.393 e. The first-order chi connectivity index (χ1) is 6.59. The summed E-state index contributed by atoms with van der Waals surface area (Å²) >= 11 is 1.48. The average Bonchev–Trinajstić information content (AvgIpc) is 2.51. The Morgan fingerprint density at radius 3 is 2.86 bits per heavy atom. The summed E-state index contributed by atoms with van der Waals surface area (Å²) in [5.41, 5.74) is 0. The quantitative estimate of drug-likeness (QED) is 0.797. The van der Waals surface area contributed by atoms with Crippen molar-refractivity contribution in [3.8, 4) is 0 Å². The van der Waals surface area contributed by atoms with Gasteiger partial charge in [0, 0.05) is 11.4 Å². The van der Waals surface area contributed by atoms with Crippen LogP contribution in [-0.4, -0.2) is 23.7 Å². The molecule has 0 aliphatic carbocycles. The SMILES string of the molecule is Cc1ccc(C(=O)NCCC(C)O)s1. The number of aliphatic hydroxyl groups excluding tert-OH is 1. The molecule has 1 aromatic heterocycles. The summed E-state index contributed by atoms with van der Waals surface area (Å²) in [6.45, 7) is 4.20. The molecule has 0 radical (unpaired) electrons. The van der Waals surface area contributed by atoms with E-state index in [0.29, 0.717) is 13.0 Å². The Bertz CT molecular complexity index is 307. The fourth-order valence-corrected chi connectivity index (χ4v) is 1.82. The number of carbonyl (C=O) groups is 1. The molecule has 0 saturated carbocycles. The summed E-state index contributed by atoms with van der Waals surface area (Å²) in [6, 6.07) is 3.74. The van der Waals surface area contributed by atoms with Crippen molar-refractivity contribution in [3.05, 3.63) is 21.9 Å². The van der Waals surface area contributed by atoms with Crippen molar-refractivity contribution in [2.75, 3.05) is 6.54 Å². The number of hydrogen-bond donors (Lipinski definition) is 2. The zero-order chi connectivity index (χ0) is 10.6. The second-order valence-electron chi connectivity index (χ2n) is 3.30. The lowest BCUT2D eigenvalue weighted by molar-refractivity contribution is 0.0949. The number of amides is 1. The monoisotopic (exact) mass is 213 g/mol. The van der Waals surface area contributed by atoms with Gasteiger partial charge in [0.2, 0.25) is 0 Å². The van der Waals surface area contributed by atoms with Crippen LogP contribution in [0.15, 0.2) is 12.1 Å². The van der Waals surface area contributed by atoms with Gasteiger partial charge in [-0.3, -0.25) is 4.79 Å². The average molecular weight is 213 g/mol. The van der Waals surface area contributed by atoms with Crippen LogP contribution >= 0.6 is 11.3 Å². The Kier molecular flexibility index (Phi) is 4.10. The van der Waals surface area contributed by atoms with E-state index < -0.39 is 0 Å². The van der Waals surface area contributed by atoms with Crippen molar-refractivity contribution in [3.63, 3.8) is 0 Å². The first-order valence-electron chi connectivity index (χ1n) is 4.62. The van der Waals surface area contributed by atoms with E-state index in [4.69, 9.17) is 5.11 Å². The summed E-state index contributed by atoms with van der Waals surface area (Å²) in [5.74, 6) is -0.0521. The predicted octanol–water partition coefficient (Wildman–Crippen LogP) is 1.56. The number of nitrogens with one attached hydrogen (secondary N) is 1. The first kappa shape index (κ1) is 11.2. The van der Waals surface area contributed by atoms with Crippen molar-refractivity contribution in [2.45, 2.75) is 26.4 Å². The molecule has 0 spiro atoms. The molecule has 4 heteroatoms. The van der Waals surface area contributed by atoms with E-state index in [2.05, 4.69) is 5.32 Å². The minimum atomic E-state index is -0.361. The highest BCUT2D eigenvalue weighted by molar-refractivity contribution is 7.13. The molecule has 1 amide bonds. The van der Waals surface area contributed by atoms with Crippen LogP contribution in [0.2, 0.25) is 0 Å². The van der Waals surface area contributed by atoms with E-state index in [0.717, 1.165) is 9.75 Å². The number of aliphatic hydroxyl groups is 1. The van der Waals surface area contributed by atoms with Gasteiger partial charge < -0.3 is 10.4 Å². The molecule has 1 unspecified atom stereocenters. The van der Waals surface area contributed by atoms with Gasteiger partial charge in [-0.2, -0.15) is 0 Å². The van der Waals surface area contributed by atoms with Crippen LogP contribution in [0.25, 0.3) is 0 Å². The molecule has 78 valence electrons. The Morgan fingerprint density at radius 1 is 1.64 bits per heavy atom. The zero-order valence-corrected chi connectivity index (χ0v) is 9.23. The highest BCUT2D eigenvalue weighted by atomic mass is 32.1. The van der Waals surface area contributed by atoms with Gasteiger partial charge in [-0.15, -0.1) is 11.3 Å². The van der Waals surface area contributed by atoms with Crippen LogP contribution in [0.4, 0.5) is 0 Å². The third-order valence-corrected chi connectivity index (χ3v) is 2.81. The molecule has 1 aromatic rings. The highest BCUT2D eigenvalue weighted by Gasteiger charge is 2.07. The molecular formula is C10H15NO2S. The molecular weight excluding hydrogens is 198 g/mol. The molecule has 0 aromatic carbocycles. The topological polar surface area (TPSA) is 49.3 Å². The van der Waals surface area contributed by atoms with Gasteiger partial charge in [0.05, 0.1) is 11.0 Å². The Hall–Kier alpha value is -0.870. The molecule has 1 heterocycles. The lowest BCUT2D eigenvalue weighted by Gasteiger charge is -2.04. The molecule has 3 nitrogen and oxygen atoms in total. The van der Waals surface area contributed by atoms with E-state index in [1.165, 1.54) is 11.3 Å². The molecule has 1 atom stereocenters. The minimum absolute atomic E-state index is 0.0521. The zero-order valence-electron chi connectivity index (χ0n) is 8.41. The highest BCUT2D eigenvalue weighted by Crippen LogP contribution is 2.14. The lowest BCUT2D eigenvalue weighted by Crippen LogP contribution is -2.25. The van der Waals surface area contributed by atoms with Crippen LogP contribution < -0.4 is 5.32 Å². The van der Waals surface area contributed by atoms with E-state index in [1.54, 1.807) is 6.92 Å². The predicted molar refractivity (Wildman–Crippen MR) is 57.7 cm³/mol. The standard InChI is InChI=1S/C10H15NO2S/c1-7(12)5-6-11-10(13)9-4-3-8(2)14-9/h3-4,7,12H,5-6H2,1-2H3,(H,11,13). The van der Waals surface area contributed by atoms with Crippen molar-refractivity contribution >= 4 is 17.2 Å². The fraction of sp³-hybridized carbons (Fsp3) is 0.500. The van der Waals surface area contributed by atoms with Crippen molar-refractivity contribution in [1.82, 2.24) is 5.32 Å². The second-order valence-corrected chi connectivity index (χ2v) is 4.59. The van der Waals surface area contributed by atoms with Crippen molar-refractivity contribution < 1.29 is 9.90 Å². The third kappa shape index (κ3) is 3.47. The van der Waals surface area contributed by atoms with Crippen molar-refractivity contribution in [1.29, 1.82) is 0 Å². The molecule has 0 bridgehead atoms. The van der Waals surface area contributed by atoms with Crippen LogP contribution in [0.1, 0.15) is 27.9 Å². The first-order valence-corrected chi connectivity index (χ1v) is 5.44. The van der Waals surface area contributed by atoms with Gasteiger partial charge in [0.1, 0.15) is 0 Å². The van der Waals surface area contributed by atoms with Crippen LogP contribution in [0, 0.1) is 6.92 Å². The normalized spacial score (nSPS) is 12.5. The van der Waals surface area contributed by atoms with Crippen LogP contribution in [0.5, 0.6) is 0 Å². The Labute approximate surface area is 87.8 Å². The number of carbonyl (C=O) groups excluding carboxylic acids is 1. The van der Waals surface area contributed by atoms with E-state index in [9.17, 15) is 4.79 Å². The Balaban J connectivity index is 2.36. The molecule has 0 saturated heterocycles. The summed E-state index contributed by atoms with van der Waals surface area (Å²) in [4.78, 5) is 13.3. The summed E-state index contributed by atoms with van der Waals surface area (Å²) in [7, 11) is 0. The number of aryl methyl sites for hydroxylation is 1. The molecule has 2 N–H and O–H groups in total. The molecule has 14 heavy (non-hydrogen) atoms. The molecule has 0 fully saturated rings. The maximum atomic E-state index is 11.5. The minimum Gasteiger partial charge on any atom is -0.393 e. The summed E-state index contributed by atoms with van der Waals surface area (Å²) < 4.78 is 0. The number of thiophene rings is 1. The van der Waals surface area contributed by atoms with Gasteiger partial charge in [0.25, 0.3) is 5.91 Å². The van der Waals surface area contributed by atoms with Crippen LogP contribution in [-0.2, 0) is 0 Å². The maximum absolute atomic E-state index is 11.5. The second kappa shape index (κ2) is 5.12. The van der Waals surface area contributed by atoms with E-state index in [-0.39, 0.29) is 12.0 Å². The van der Waals surface area contributed by atoms with E-state index in [1.807, 2.05) is 19.1 Å². The van der Waals surface area contributed by atoms with Gasteiger partial charge in [-0.25, -0.2) is 0 Å². The van der Waals surface area contributed by atoms with Gasteiger partial charge >= 0.3 is 0 Å². The molecule has 0 aliphatic heterocycles. The fourth-order valence-electron chi connectivity index (χ4n) is 1.04. The molecule has 1 rings (SSSR count). The number of rotatable bonds is 4. The van der Waals surface area contributed by atoms with E-state index >= 15 is 0 Å². The van der Waals surface area contributed by atoms with Crippen molar-refractivity contribution in [2.24, 2.45) is 0 Å². The summed E-state index contributed by atoms with van der Waals surface area (Å²) in [5, 5.41) is 11.7. The smallest absolute Gasteiger partial charge is 0.261 e. The maximum Gasteiger partial charge on any atom is 0.261 e. The summed E-state index contributed by atoms with van der Waals surface area (Å²) in [6.07, 6.45) is 0.233. The molecule has 0 aliphatic rings. The lowest BCUT2D eigenvalue weighted by atomic mass is 10.3. The Morgan fingerprint density at radius 2 is 2.36 bits per heavy atom. The van der Waals surface area contributed by atoms with Crippen LogP contribution in [0.3, 0.4) is 0 Å². The van der Waals surface area contributed by atoms with Gasteiger partial charge in [0.15, 0.2) is 0 Å².